The number of anilines is 1. The van der Waals surface area contributed by atoms with Crippen LogP contribution in [0.1, 0.15) is 51.8 Å². The van der Waals surface area contributed by atoms with E-state index < -0.39 is 35.3 Å². The number of aryl methyl sites for hydroxylation is 1. The molecule has 6 nitrogen and oxygen atoms in total. The number of nitrogens with one attached hydrogen (secondary N) is 2. The summed E-state index contributed by atoms with van der Waals surface area (Å²) >= 11 is 0. The number of carbonyl (C=O) groups excluding carboxylic acids is 1. The predicted octanol–water partition coefficient (Wildman–Crippen LogP) is 6.39. The average Bonchev–Trinajstić information content (AvgIpc) is 3.60. The Bertz CT molecular complexity index is 1510. The molecule has 1 unspecified atom stereocenters. The first-order valence-electron chi connectivity index (χ1n) is 12.5. The van der Waals surface area contributed by atoms with Gasteiger partial charge in [-0.25, -0.2) is 9.07 Å². The van der Waals surface area contributed by atoms with E-state index in [0.29, 0.717) is 29.7 Å². The van der Waals surface area contributed by atoms with Gasteiger partial charge in [-0.3, -0.25) is 4.79 Å². The zero-order valence-electron chi connectivity index (χ0n) is 21.0. The highest BCUT2D eigenvalue weighted by molar-refractivity contribution is 6.03. The molecule has 1 heterocycles. The van der Waals surface area contributed by atoms with E-state index in [2.05, 4.69) is 15.7 Å². The molecule has 4 aromatic rings. The average molecular weight is 539 g/mol. The summed E-state index contributed by atoms with van der Waals surface area (Å²) in [5, 5.41) is 19.9. The van der Waals surface area contributed by atoms with Crippen molar-refractivity contribution in [3.63, 3.8) is 0 Å². The molecule has 1 saturated carbocycles. The highest BCUT2D eigenvalue weighted by Gasteiger charge is 2.36. The molecule has 5 rings (SSSR count). The van der Waals surface area contributed by atoms with Crippen LogP contribution in [0.5, 0.6) is 5.75 Å². The van der Waals surface area contributed by atoms with E-state index in [4.69, 9.17) is 0 Å². The van der Waals surface area contributed by atoms with Gasteiger partial charge in [0, 0.05) is 11.6 Å². The lowest BCUT2D eigenvalue weighted by molar-refractivity contribution is -0.141. The molecule has 1 aliphatic rings. The van der Waals surface area contributed by atoms with Crippen molar-refractivity contribution in [2.24, 2.45) is 5.92 Å². The van der Waals surface area contributed by atoms with Crippen LogP contribution in [0.3, 0.4) is 0 Å². The molecular formula is C29H26F4N4O2. The number of amides is 1. The third kappa shape index (κ3) is 5.96. The molecule has 1 atom stereocenters. The third-order valence-electron chi connectivity index (χ3n) is 6.61. The highest BCUT2D eigenvalue weighted by atomic mass is 19.4. The number of phenols is 1. The van der Waals surface area contributed by atoms with Crippen LogP contribution in [-0.4, -0.2) is 27.3 Å². The summed E-state index contributed by atoms with van der Waals surface area (Å²) in [4.78, 5) is 13.3. The number of alkyl halides is 3. The summed E-state index contributed by atoms with van der Waals surface area (Å²) < 4.78 is 56.3. The first-order valence-corrected chi connectivity index (χ1v) is 12.5. The topological polar surface area (TPSA) is 79.2 Å². The van der Waals surface area contributed by atoms with Gasteiger partial charge in [0.25, 0.3) is 5.91 Å². The Morgan fingerprint density at radius 1 is 1.08 bits per heavy atom. The van der Waals surface area contributed by atoms with Crippen LogP contribution in [0.15, 0.2) is 72.8 Å². The van der Waals surface area contributed by atoms with Crippen molar-refractivity contribution in [2.45, 2.75) is 32.0 Å². The molecule has 0 spiro atoms. The number of para-hydroxylation sites is 1. The second-order valence-electron chi connectivity index (χ2n) is 9.70. The summed E-state index contributed by atoms with van der Waals surface area (Å²) in [5.41, 5.74) is 0.307. The van der Waals surface area contributed by atoms with Crippen LogP contribution in [-0.2, 0) is 6.18 Å². The Hall–Kier alpha value is -4.18. The van der Waals surface area contributed by atoms with Gasteiger partial charge in [0.05, 0.1) is 17.4 Å². The lowest BCUT2D eigenvalue weighted by Crippen LogP contribution is -2.25. The van der Waals surface area contributed by atoms with Gasteiger partial charge in [0.2, 0.25) is 0 Å². The smallest absolute Gasteiger partial charge is 0.435 e. The molecule has 0 aliphatic heterocycles. The molecule has 0 radical (unpaired) electrons. The summed E-state index contributed by atoms with van der Waals surface area (Å²) in [7, 11) is 0. The van der Waals surface area contributed by atoms with Crippen molar-refractivity contribution in [3.8, 4) is 11.4 Å². The second-order valence-corrected chi connectivity index (χ2v) is 9.70. The van der Waals surface area contributed by atoms with E-state index in [1.807, 2.05) is 0 Å². The number of halogens is 4. The van der Waals surface area contributed by atoms with Crippen molar-refractivity contribution in [3.05, 3.63) is 107 Å². The molecule has 39 heavy (non-hydrogen) atoms. The number of nitrogens with zero attached hydrogens (tertiary/aromatic N) is 2. The fourth-order valence-corrected chi connectivity index (χ4v) is 4.39. The normalized spacial score (nSPS) is 14.3. The first-order chi connectivity index (χ1) is 18.6. The number of aromatic hydroxyl groups is 1. The van der Waals surface area contributed by atoms with Gasteiger partial charge in [-0.1, -0.05) is 36.4 Å². The van der Waals surface area contributed by atoms with Crippen LogP contribution in [0.2, 0.25) is 0 Å². The largest absolute Gasteiger partial charge is 0.508 e. The summed E-state index contributed by atoms with van der Waals surface area (Å²) in [6.07, 6.45) is -2.59. The predicted molar refractivity (Wildman–Crippen MR) is 138 cm³/mol. The minimum atomic E-state index is -4.78. The zero-order chi connectivity index (χ0) is 27.7. The van der Waals surface area contributed by atoms with Gasteiger partial charge in [0.1, 0.15) is 17.3 Å². The van der Waals surface area contributed by atoms with E-state index in [1.54, 1.807) is 55.5 Å². The van der Waals surface area contributed by atoms with E-state index >= 15 is 0 Å². The minimum Gasteiger partial charge on any atom is -0.508 e. The van der Waals surface area contributed by atoms with Gasteiger partial charge in [-0.15, -0.1) is 0 Å². The molecule has 1 fully saturated rings. The second kappa shape index (κ2) is 10.5. The molecule has 1 aliphatic carbocycles. The van der Waals surface area contributed by atoms with Crippen LogP contribution in [0.4, 0.5) is 23.2 Å². The summed E-state index contributed by atoms with van der Waals surface area (Å²) in [5.74, 6) is -1.14. The zero-order valence-corrected chi connectivity index (χ0v) is 21.0. The number of aromatic nitrogens is 2. The number of benzene rings is 3. The number of phenolic OH excluding ortho intramolecular Hbond substituents is 1. The van der Waals surface area contributed by atoms with Gasteiger partial charge in [-0.05, 0) is 73.7 Å². The Balaban J connectivity index is 1.49. The Morgan fingerprint density at radius 2 is 1.85 bits per heavy atom. The van der Waals surface area contributed by atoms with E-state index in [0.717, 1.165) is 23.1 Å². The molecule has 0 bridgehead atoms. The Kier molecular flexibility index (Phi) is 7.14. The van der Waals surface area contributed by atoms with Crippen LogP contribution in [0, 0.1) is 18.7 Å². The van der Waals surface area contributed by atoms with Crippen molar-refractivity contribution in [1.29, 1.82) is 0 Å². The number of rotatable bonds is 8. The molecule has 3 N–H and O–H groups in total. The van der Waals surface area contributed by atoms with Crippen molar-refractivity contribution in [1.82, 2.24) is 15.1 Å². The maximum atomic E-state index is 14.9. The lowest BCUT2D eigenvalue weighted by atomic mass is 9.97. The molecule has 3 aromatic carbocycles. The molecule has 10 heteroatoms. The van der Waals surface area contributed by atoms with Gasteiger partial charge in [0.15, 0.2) is 5.69 Å². The molecular weight excluding hydrogens is 512 g/mol. The monoisotopic (exact) mass is 538 g/mol. The molecule has 1 amide bonds. The highest BCUT2D eigenvalue weighted by Crippen LogP contribution is 2.34. The van der Waals surface area contributed by atoms with Gasteiger partial charge in [-0.2, -0.15) is 18.3 Å². The standard InChI is InChI=1S/C29H26F4N4O2/c1-17-5-4-6-20(13-17)37-24(15-26(36-37)29(31,32)33)28(39)35-23-14-19(11-12-22(23)30)27(34-16-18-9-10-18)21-7-2-3-8-25(21)38/h2-8,11-15,18,27,34,38H,9-10,16H2,1H3,(H,35,39). The van der Waals surface area contributed by atoms with Crippen LogP contribution in [0.25, 0.3) is 5.69 Å². The summed E-state index contributed by atoms with van der Waals surface area (Å²) in [6, 6.07) is 17.6. The quantitative estimate of drug-likeness (QED) is 0.227. The molecule has 0 saturated heterocycles. The van der Waals surface area contributed by atoms with Gasteiger partial charge >= 0.3 is 6.18 Å². The third-order valence-corrected chi connectivity index (χ3v) is 6.61. The Labute approximate surface area is 222 Å². The van der Waals surface area contributed by atoms with Crippen LogP contribution < -0.4 is 10.6 Å². The lowest BCUT2D eigenvalue weighted by Gasteiger charge is -2.22. The SMILES string of the molecule is Cc1cccc(-n2nc(C(F)(F)F)cc2C(=O)Nc2cc(C(NCC3CC3)c3ccccc3O)ccc2F)c1. The van der Waals surface area contributed by atoms with Gasteiger partial charge < -0.3 is 15.7 Å². The summed E-state index contributed by atoms with van der Waals surface area (Å²) in [6.45, 7) is 2.45. The number of hydrogen-bond acceptors (Lipinski definition) is 4. The van der Waals surface area contributed by atoms with E-state index in [1.165, 1.54) is 18.2 Å². The fraction of sp³-hybridized carbons (Fsp3) is 0.241. The minimum absolute atomic E-state index is 0.0578. The van der Waals surface area contributed by atoms with Crippen molar-refractivity contribution in [2.75, 3.05) is 11.9 Å². The first kappa shape index (κ1) is 26.4. The molecule has 1 aromatic heterocycles. The maximum absolute atomic E-state index is 14.9. The van der Waals surface area contributed by atoms with Crippen molar-refractivity contribution < 1.29 is 27.5 Å². The van der Waals surface area contributed by atoms with E-state index in [-0.39, 0.29) is 17.1 Å². The molecule has 202 valence electrons. The maximum Gasteiger partial charge on any atom is 0.435 e. The van der Waals surface area contributed by atoms with E-state index in [9.17, 15) is 27.5 Å². The van der Waals surface area contributed by atoms with Crippen LogP contribution >= 0.6 is 0 Å². The van der Waals surface area contributed by atoms with Crippen molar-refractivity contribution >= 4 is 11.6 Å². The number of hydrogen-bond donors (Lipinski definition) is 3. The number of carbonyl (C=O) groups is 1. The Morgan fingerprint density at radius 3 is 2.54 bits per heavy atom. The fourth-order valence-electron chi connectivity index (χ4n) is 4.39.